The zero-order valence-corrected chi connectivity index (χ0v) is 13.3. The van der Waals surface area contributed by atoms with E-state index in [0.29, 0.717) is 0 Å². The Bertz CT molecular complexity index is 852. The normalized spacial score (nSPS) is 12.8. The van der Waals surface area contributed by atoms with Crippen molar-refractivity contribution in [2.75, 3.05) is 0 Å². The van der Waals surface area contributed by atoms with Gasteiger partial charge in [-0.3, -0.25) is 10.1 Å². The highest BCUT2D eigenvalue weighted by Gasteiger charge is 2.25. The van der Waals surface area contributed by atoms with Crippen LogP contribution >= 0.6 is 0 Å². The van der Waals surface area contributed by atoms with E-state index in [-0.39, 0.29) is 21.7 Å². The van der Waals surface area contributed by atoms with E-state index in [1.807, 2.05) is 0 Å². The smallest absolute Gasteiger partial charge is 0.258 e. The first-order valence-electron chi connectivity index (χ1n) is 6.75. The molecule has 0 amide bonds. The first-order chi connectivity index (χ1) is 10.7. The van der Waals surface area contributed by atoms with Crippen molar-refractivity contribution in [1.29, 1.82) is 0 Å². The van der Waals surface area contributed by atoms with E-state index in [9.17, 15) is 22.9 Å². The molecule has 0 fully saturated rings. The van der Waals surface area contributed by atoms with Gasteiger partial charge in [-0.15, -0.1) is 0 Å². The second-order valence-electron chi connectivity index (χ2n) is 5.02. The third-order valence-electron chi connectivity index (χ3n) is 3.45. The molecule has 0 aliphatic rings. The average molecular weight is 338 g/mol. The Morgan fingerprint density at radius 2 is 1.83 bits per heavy atom. The minimum absolute atomic E-state index is 0.0331. The van der Waals surface area contributed by atoms with Gasteiger partial charge in [-0.05, 0) is 26.0 Å². The van der Waals surface area contributed by atoms with Gasteiger partial charge in [0.2, 0.25) is 10.0 Å². The zero-order valence-electron chi connectivity index (χ0n) is 12.5. The van der Waals surface area contributed by atoms with Crippen LogP contribution < -0.4 is 4.72 Å². The molecule has 2 aromatic carbocycles. The molecule has 0 radical (unpaired) electrons. The molecule has 0 aliphatic heterocycles. The first-order valence-corrected chi connectivity index (χ1v) is 8.23. The summed E-state index contributed by atoms with van der Waals surface area (Å²) in [6.45, 7) is 2.86. The Morgan fingerprint density at radius 3 is 2.43 bits per heavy atom. The molecule has 1 atom stereocenters. The molecule has 1 N–H and O–H groups in total. The Kier molecular flexibility index (Phi) is 4.76. The highest BCUT2D eigenvalue weighted by Crippen LogP contribution is 2.26. The van der Waals surface area contributed by atoms with E-state index >= 15 is 0 Å². The van der Waals surface area contributed by atoms with Crippen molar-refractivity contribution in [2.45, 2.75) is 24.8 Å². The summed E-state index contributed by atoms with van der Waals surface area (Å²) in [5.74, 6) is -0.529. The second-order valence-corrected chi connectivity index (χ2v) is 6.70. The number of nitrogens with zero attached hydrogens (tertiary/aromatic N) is 1. The SMILES string of the molecule is Cc1c([N+](=O)[O-])cccc1S(=O)(=O)NC(C)c1ccccc1F. The van der Waals surface area contributed by atoms with Crippen LogP contribution in [0.2, 0.25) is 0 Å². The second kappa shape index (κ2) is 6.43. The van der Waals surface area contributed by atoms with Crippen LogP contribution in [0.4, 0.5) is 10.1 Å². The molecule has 2 aromatic rings. The minimum atomic E-state index is -4.03. The van der Waals surface area contributed by atoms with Crippen LogP contribution in [0.25, 0.3) is 0 Å². The van der Waals surface area contributed by atoms with E-state index < -0.39 is 26.8 Å². The van der Waals surface area contributed by atoms with Gasteiger partial charge < -0.3 is 0 Å². The summed E-state index contributed by atoms with van der Waals surface area (Å²) >= 11 is 0. The van der Waals surface area contributed by atoms with Gasteiger partial charge >= 0.3 is 0 Å². The van der Waals surface area contributed by atoms with Crippen LogP contribution in [0.5, 0.6) is 0 Å². The predicted molar refractivity (Wildman–Crippen MR) is 83.0 cm³/mol. The molecule has 0 aliphatic carbocycles. The van der Waals surface area contributed by atoms with Crippen LogP contribution in [-0.4, -0.2) is 13.3 Å². The largest absolute Gasteiger partial charge is 0.273 e. The van der Waals surface area contributed by atoms with Crippen molar-refractivity contribution in [2.24, 2.45) is 0 Å². The van der Waals surface area contributed by atoms with Gasteiger partial charge in [0.25, 0.3) is 5.69 Å². The fourth-order valence-electron chi connectivity index (χ4n) is 2.28. The van der Waals surface area contributed by atoms with E-state index in [1.165, 1.54) is 50.2 Å². The molecular formula is C15H15FN2O4S. The molecule has 122 valence electrons. The van der Waals surface area contributed by atoms with Crippen molar-refractivity contribution in [3.8, 4) is 0 Å². The lowest BCUT2D eigenvalue weighted by molar-refractivity contribution is -0.385. The number of rotatable bonds is 5. The van der Waals surface area contributed by atoms with Gasteiger partial charge in [0, 0.05) is 23.2 Å². The van der Waals surface area contributed by atoms with Crippen LogP contribution in [0.1, 0.15) is 24.1 Å². The van der Waals surface area contributed by atoms with Gasteiger partial charge in [0.05, 0.1) is 9.82 Å². The lowest BCUT2D eigenvalue weighted by atomic mass is 10.1. The third kappa shape index (κ3) is 3.54. The van der Waals surface area contributed by atoms with Gasteiger partial charge in [-0.1, -0.05) is 24.3 Å². The maximum absolute atomic E-state index is 13.7. The summed E-state index contributed by atoms with van der Waals surface area (Å²) < 4.78 is 41.0. The maximum Gasteiger partial charge on any atom is 0.273 e. The monoisotopic (exact) mass is 338 g/mol. The number of nitro groups is 1. The number of nitro benzene ring substituents is 1. The Hall–Kier alpha value is -2.32. The van der Waals surface area contributed by atoms with Crippen molar-refractivity contribution in [3.63, 3.8) is 0 Å². The van der Waals surface area contributed by atoms with Crippen molar-refractivity contribution in [3.05, 3.63) is 69.5 Å². The van der Waals surface area contributed by atoms with Crippen molar-refractivity contribution >= 4 is 15.7 Å². The molecule has 0 saturated carbocycles. The van der Waals surface area contributed by atoms with Gasteiger partial charge in [0.1, 0.15) is 5.82 Å². The number of halogens is 1. The Balaban J connectivity index is 2.39. The quantitative estimate of drug-likeness (QED) is 0.670. The zero-order chi connectivity index (χ0) is 17.2. The Labute approximate surface area is 133 Å². The molecule has 0 spiro atoms. The van der Waals surface area contributed by atoms with Crippen LogP contribution in [0, 0.1) is 22.9 Å². The standard InChI is InChI=1S/C15H15FN2O4S/c1-10-14(18(19)20)8-5-9-15(10)23(21,22)17-11(2)12-6-3-4-7-13(12)16/h3-9,11,17H,1-2H3. The highest BCUT2D eigenvalue weighted by atomic mass is 32.2. The number of hydrogen-bond acceptors (Lipinski definition) is 4. The van der Waals surface area contributed by atoms with E-state index in [0.717, 1.165) is 0 Å². The molecule has 0 saturated heterocycles. The third-order valence-corrected chi connectivity index (χ3v) is 5.13. The predicted octanol–water partition coefficient (Wildman–Crippen LogP) is 3.08. The molecule has 8 heteroatoms. The van der Waals surface area contributed by atoms with E-state index in [1.54, 1.807) is 6.07 Å². The molecule has 1 unspecified atom stereocenters. The number of hydrogen-bond donors (Lipinski definition) is 1. The summed E-state index contributed by atoms with van der Waals surface area (Å²) in [5, 5.41) is 10.9. The molecule has 0 heterocycles. The first kappa shape index (κ1) is 17.0. The summed E-state index contributed by atoms with van der Waals surface area (Å²) in [6.07, 6.45) is 0. The van der Waals surface area contributed by atoms with Crippen LogP contribution in [0.3, 0.4) is 0 Å². The highest BCUT2D eigenvalue weighted by molar-refractivity contribution is 7.89. The fraction of sp³-hybridized carbons (Fsp3) is 0.200. The number of sulfonamides is 1. The Morgan fingerprint density at radius 1 is 1.17 bits per heavy atom. The van der Waals surface area contributed by atoms with Gasteiger partial charge in [-0.25, -0.2) is 17.5 Å². The molecule has 0 bridgehead atoms. The molecule has 2 rings (SSSR count). The molecule has 6 nitrogen and oxygen atoms in total. The van der Waals surface area contributed by atoms with E-state index in [4.69, 9.17) is 0 Å². The summed E-state index contributed by atoms with van der Waals surface area (Å²) in [6, 6.07) is 8.80. The van der Waals surface area contributed by atoms with E-state index in [2.05, 4.69) is 4.72 Å². The maximum atomic E-state index is 13.7. The summed E-state index contributed by atoms with van der Waals surface area (Å²) in [5.41, 5.74) is -0.0590. The number of nitrogens with one attached hydrogen (secondary N) is 1. The summed E-state index contributed by atoms with van der Waals surface area (Å²) in [7, 11) is -4.03. The topological polar surface area (TPSA) is 89.3 Å². The lowest BCUT2D eigenvalue weighted by Crippen LogP contribution is -2.28. The van der Waals surface area contributed by atoms with Gasteiger partial charge in [0.15, 0.2) is 0 Å². The van der Waals surface area contributed by atoms with Crippen molar-refractivity contribution < 1.29 is 17.7 Å². The fourth-order valence-corrected chi connectivity index (χ4v) is 3.76. The van der Waals surface area contributed by atoms with Crippen LogP contribution in [-0.2, 0) is 10.0 Å². The molecular weight excluding hydrogens is 323 g/mol. The average Bonchev–Trinajstić information content (AvgIpc) is 2.46. The van der Waals surface area contributed by atoms with Crippen molar-refractivity contribution in [1.82, 2.24) is 4.72 Å². The number of benzene rings is 2. The summed E-state index contributed by atoms with van der Waals surface area (Å²) in [4.78, 5) is 10.1. The lowest BCUT2D eigenvalue weighted by Gasteiger charge is -2.16. The van der Waals surface area contributed by atoms with Crippen LogP contribution in [0.15, 0.2) is 47.4 Å². The minimum Gasteiger partial charge on any atom is -0.258 e. The molecule has 0 aromatic heterocycles. The van der Waals surface area contributed by atoms with Gasteiger partial charge in [-0.2, -0.15) is 0 Å². The molecule has 23 heavy (non-hydrogen) atoms.